The van der Waals surface area contributed by atoms with Crippen molar-refractivity contribution in [2.45, 2.75) is 6.92 Å². The third kappa shape index (κ3) is 4.32. The SMILES string of the molecule is CC(=O)Nc1ccc(NC(=O)CNc2cccc3cccnc23)cc1. The van der Waals surface area contributed by atoms with E-state index in [1.807, 2.05) is 30.3 Å². The number of anilines is 3. The Morgan fingerprint density at radius 3 is 2.32 bits per heavy atom. The molecule has 0 saturated heterocycles. The molecule has 0 atom stereocenters. The summed E-state index contributed by atoms with van der Waals surface area (Å²) in [7, 11) is 0. The summed E-state index contributed by atoms with van der Waals surface area (Å²) < 4.78 is 0. The Balaban J connectivity index is 1.60. The highest BCUT2D eigenvalue weighted by Crippen LogP contribution is 2.20. The quantitative estimate of drug-likeness (QED) is 0.669. The topological polar surface area (TPSA) is 83.1 Å². The van der Waals surface area contributed by atoms with Crippen LogP contribution in [-0.2, 0) is 9.59 Å². The van der Waals surface area contributed by atoms with Crippen molar-refractivity contribution in [2.75, 3.05) is 22.5 Å². The normalized spacial score (nSPS) is 10.3. The Hall–Kier alpha value is -3.41. The number of rotatable bonds is 5. The Morgan fingerprint density at radius 1 is 0.920 bits per heavy atom. The number of nitrogens with one attached hydrogen (secondary N) is 3. The maximum atomic E-state index is 12.1. The molecule has 0 unspecified atom stereocenters. The van der Waals surface area contributed by atoms with E-state index in [0.717, 1.165) is 16.6 Å². The van der Waals surface area contributed by atoms with Crippen LogP contribution in [0.3, 0.4) is 0 Å². The monoisotopic (exact) mass is 334 g/mol. The zero-order chi connectivity index (χ0) is 17.6. The lowest BCUT2D eigenvalue weighted by atomic mass is 10.2. The number of aromatic nitrogens is 1. The van der Waals surface area contributed by atoms with E-state index in [1.165, 1.54) is 6.92 Å². The fraction of sp³-hybridized carbons (Fsp3) is 0.105. The van der Waals surface area contributed by atoms with Crippen LogP contribution in [-0.4, -0.2) is 23.3 Å². The number of hydrogen-bond donors (Lipinski definition) is 3. The van der Waals surface area contributed by atoms with Gasteiger partial charge in [0, 0.05) is 29.9 Å². The van der Waals surface area contributed by atoms with Crippen molar-refractivity contribution in [3.05, 3.63) is 60.8 Å². The average molecular weight is 334 g/mol. The zero-order valence-electron chi connectivity index (χ0n) is 13.7. The van der Waals surface area contributed by atoms with Crippen LogP contribution in [0.25, 0.3) is 10.9 Å². The fourth-order valence-corrected chi connectivity index (χ4v) is 2.47. The molecule has 3 rings (SSSR count). The number of para-hydroxylation sites is 1. The van der Waals surface area contributed by atoms with Gasteiger partial charge in [0.1, 0.15) is 0 Å². The molecule has 0 radical (unpaired) electrons. The number of fused-ring (bicyclic) bond motifs is 1. The smallest absolute Gasteiger partial charge is 0.243 e. The van der Waals surface area contributed by atoms with E-state index in [-0.39, 0.29) is 18.4 Å². The number of pyridine rings is 1. The summed E-state index contributed by atoms with van der Waals surface area (Å²) in [5.41, 5.74) is 2.99. The largest absolute Gasteiger partial charge is 0.374 e. The molecule has 3 aromatic rings. The molecule has 0 aliphatic rings. The van der Waals surface area contributed by atoms with Crippen LogP contribution in [0.4, 0.5) is 17.1 Å². The molecule has 0 aliphatic heterocycles. The Bertz CT molecular complexity index is 901. The van der Waals surface area contributed by atoms with E-state index in [0.29, 0.717) is 11.4 Å². The fourth-order valence-electron chi connectivity index (χ4n) is 2.47. The maximum Gasteiger partial charge on any atom is 0.243 e. The van der Waals surface area contributed by atoms with Crippen molar-refractivity contribution in [3.63, 3.8) is 0 Å². The van der Waals surface area contributed by atoms with Crippen LogP contribution in [0.15, 0.2) is 60.8 Å². The third-order valence-electron chi connectivity index (χ3n) is 3.56. The molecule has 0 fully saturated rings. The molecule has 0 saturated carbocycles. The first-order chi connectivity index (χ1) is 12.1. The van der Waals surface area contributed by atoms with E-state index >= 15 is 0 Å². The van der Waals surface area contributed by atoms with E-state index in [9.17, 15) is 9.59 Å². The second kappa shape index (κ2) is 7.44. The molecule has 0 bridgehead atoms. The van der Waals surface area contributed by atoms with Gasteiger partial charge in [0.25, 0.3) is 0 Å². The van der Waals surface area contributed by atoms with Gasteiger partial charge in [-0.05, 0) is 36.4 Å². The molecule has 25 heavy (non-hydrogen) atoms. The summed E-state index contributed by atoms with van der Waals surface area (Å²) in [6.07, 6.45) is 1.73. The average Bonchev–Trinajstić information content (AvgIpc) is 2.61. The van der Waals surface area contributed by atoms with Gasteiger partial charge in [-0.1, -0.05) is 18.2 Å². The van der Waals surface area contributed by atoms with Gasteiger partial charge in [-0.2, -0.15) is 0 Å². The molecule has 2 amide bonds. The summed E-state index contributed by atoms with van der Waals surface area (Å²) in [4.78, 5) is 27.5. The summed E-state index contributed by atoms with van der Waals surface area (Å²) in [6.45, 7) is 1.58. The summed E-state index contributed by atoms with van der Waals surface area (Å²) >= 11 is 0. The number of carbonyl (C=O) groups is 2. The second-order valence-corrected chi connectivity index (χ2v) is 5.54. The van der Waals surface area contributed by atoms with E-state index in [1.54, 1.807) is 30.5 Å². The molecular formula is C19H18N4O2. The summed E-state index contributed by atoms with van der Waals surface area (Å²) in [5.74, 6) is -0.301. The highest BCUT2D eigenvalue weighted by molar-refractivity contribution is 5.96. The van der Waals surface area contributed by atoms with Crippen molar-refractivity contribution < 1.29 is 9.59 Å². The van der Waals surface area contributed by atoms with Crippen molar-refractivity contribution >= 4 is 39.8 Å². The molecular weight excluding hydrogens is 316 g/mol. The lowest BCUT2D eigenvalue weighted by Crippen LogP contribution is -2.21. The molecule has 126 valence electrons. The minimum atomic E-state index is -0.166. The number of hydrogen-bond acceptors (Lipinski definition) is 4. The van der Waals surface area contributed by atoms with Gasteiger partial charge in [-0.15, -0.1) is 0 Å². The molecule has 0 aliphatic carbocycles. The number of carbonyl (C=O) groups excluding carboxylic acids is 2. The molecule has 1 heterocycles. The van der Waals surface area contributed by atoms with Crippen LogP contribution in [0.2, 0.25) is 0 Å². The highest BCUT2D eigenvalue weighted by atomic mass is 16.2. The molecule has 1 aromatic heterocycles. The van der Waals surface area contributed by atoms with E-state index in [4.69, 9.17) is 0 Å². The predicted molar refractivity (Wildman–Crippen MR) is 99.6 cm³/mol. The van der Waals surface area contributed by atoms with Gasteiger partial charge in [-0.3, -0.25) is 14.6 Å². The lowest BCUT2D eigenvalue weighted by Gasteiger charge is -2.10. The van der Waals surface area contributed by atoms with Gasteiger partial charge in [0.15, 0.2) is 0 Å². The molecule has 3 N–H and O–H groups in total. The Kier molecular flexibility index (Phi) is 4.89. The highest BCUT2D eigenvalue weighted by Gasteiger charge is 2.05. The van der Waals surface area contributed by atoms with E-state index < -0.39 is 0 Å². The van der Waals surface area contributed by atoms with Crippen LogP contribution in [0.1, 0.15) is 6.92 Å². The zero-order valence-corrected chi connectivity index (χ0v) is 13.7. The van der Waals surface area contributed by atoms with Gasteiger partial charge >= 0.3 is 0 Å². The molecule has 2 aromatic carbocycles. The second-order valence-electron chi connectivity index (χ2n) is 5.54. The summed E-state index contributed by atoms with van der Waals surface area (Å²) in [6, 6.07) is 16.6. The first kappa shape index (κ1) is 16.4. The van der Waals surface area contributed by atoms with Gasteiger partial charge in [0.05, 0.1) is 17.7 Å². The van der Waals surface area contributed by atoms with Gasteiger partial charge in [-0.25, -0.2) is 0 Å². The number of nitrogens with zero attached hydrogens (tertiary/aromatic N) is 1. The van der Waals surface area contributed by atoms with Gasteiger partial charge in [0.2, 0.25) is 11.8 Å². The van der Waals surface area contributed by atoms with Crippen LogP contribution < -0.4 is 16.0 Å². The first-order valence-corrected chi connectivity index (χ1v) is 7.87. The Labute approximate surface area is 145 Å². The van der Waals surface area contributed by atoms with Crippen molar-refractivity contribution in [2.24, 2.45) is 0 Å². The maximum absolute atomic E-state index is 12.1. The minimum absolute atomic E-state index is 0.128. The molecule has 6 nitrogen and oxygen atoms in total. The van der Waals surface area contributed by atoms with Gasteiger partial charge < -0.3 is 16.0 Å². The van der Waals surface area contributed by atoms with Crippen molar-refractivity contribution in [1.29, 1.82) is 0 Å². The lowest BCUT2D eigenvalue weighted by molar-refractivity contribution is -0.115. The van der Waals surface area contributed by atoms with Crippen LogP contribution >= 0.6 is 0 Å². The standard InChI is InChI=1S/C19H18N4O2/c1-13(24)22-15-7-9-16(10-8-15)23-18(25)12-21-17-6-2-4-14-5-3-11-20-19(14)17/h2-11,21H,12H2,1H3,(H,22,24)(H,23,25). The van der Waals surface area contributed by atoms with Crippen molar-refractivity contribution in [1.82, 2.24) is 4.98 Å². The van der Waals surface area contributed by atoms with Crippen LogP contribution in [0.5, 0.6) is 0 Å². The Morgan fingerprint density at radius 2 is 1.60 bits per heavy atom. The predicted octanol–water partition coefficient (Wildman–Crippen LogP) is 3.24. The minimum Gasteiger partial charge on any atom is -0.374 e. The first-order valence-electron chi connectivity index (χ1n) is 7.87. The van der Waals surface area contributed by atoms with Crippen molar-refractivity contribution in [3.8, 4) is 0 Å². The molecule has 6 heteroatoms. The van der Waals surface area contributed by atoms with E-state index in [2.05, 4.69) is 20.9 Å². The third-order valence-corrected chi connectivity index (χ3v) is 3.56. The number of benzene rings is 2. The molecule has 0 spiro atoms. The number of amides is 2. The van der Waals surface area contributed by atoms with Crippen LogP contribution in [0, 0.1) is 0 Å². The summed E-state index contributed by atoms with van der Waals surface area (Å²) in [5, 5.41) is 9.61.